The molecule has 1 aliphatic carbocycles. The molecular weight excluding hydrogens is 520 g/mol. The fourth-order valence-corrected chi connectivity index (χ4v) is 4.47. The number of nitrogens with one attached hydrogen (secondary N) is 1. The number of hydrogen-bond acceptors (Lipinski definition) is 8. The molecule has 15 heteroatoms. The molecule has 2 aromatic heterocycles. The Morgan fingerprint density at radius 1 is 1.24 bits per heavy atom. The van der Waals surface area contributed by atoms with Gasteiger partial charge in [0.15, 0.2) is 0 Å². The van der Waals surface area contributed by atoms with Gasteiger partial charge in [0.2, 0.25) is 5.78 Å². The van der Waals surface area contributed by atoms with Crippen molar-refractivity contribution in [3.05, 3.63) is 71.4 Å². The molecule has 0 amide bonds. The first-order valence-electron chi connectivity index (χ1n) is 11.0. The molecule has 0 unspecified atom stereocenters. The molecule has 0 radical (unpaired) electrons. The third-order valence-corrected chi connectivity index (χ3v) is 6.27. The zero-order chi connectivity index (χ0) is 26.8. The highest BCUT2D eigenvalue weighted by Gasteiger charge is 2.36. The van der Waals surface area contributed by atoms with Crippen molar-refractivity contribution in [2.75, 3.05) is 11.9 Å². The fourth-order valence-electron chi connectivity index (χ4n) is 4.09. The summed E-state index contributed by atoms with van der Waals surface area (Å²) in [5.41, 5.74) is -0.434. The molecule has 37 heavy (non-hydrogen) atoms. The van der Waals surface area contributed by atoms with Crippen LogP contribution in [0.4, 0.5) is 23.4 Å². The molecule has 0 spiro atoms. The predicted molar refractivity (Wildman–Crippen MR) is 122 cm³/mol. The number of halogens is 4. The standard InChI is InChI=1S/C22H22F4N6O4S/c23-17-7-14(11-36-37(27,34)35)8-19(17)30-21-16(9-28-12-29-21)20(33)18-4-5-32(31-18)10-13-2-1-3-15(6-13)22(24,25)26/h1-6,9,12,14,17,19H,7-8,10-11H2,(H2,27,34,35)(H,28,29,30)/t14-,17+,19-/m1/s1. The van der Waals surface area contributed by atoms with E-state index in [0.717, 1.165) is 12.1 Å². The number of anilines is 1. The first-order chi connectivity index (χ1) is 17.4. The van der Waals surface area contributed by atoms with Crippen molar-refractivity contribution < 1.29 is 35.0 Å². The van der Waals surface area contributed by atoms with Crippen molar-refractivity contribution in [1.82, 2.24) is 19.7 Å². The molecule has 1 aromatic carbocycles. The van der Waals surface area contributed by atoms with Crippen LogP contribution in [0.1, 0.15) is 40.0 Å². The lowest BCUT2D eigenvalue weighted by Crippen LogP contribution is -2.27. The van der Waals surface area contributed by atoms with Gasteiger partial charge in [0.1, 0.15) is 24.0 Å². The van der Waals surface area contributed by atoms with E-state index < -0.39 is 46.0 Å². The van der Waals surface area contributed by atoms with Crippen molar-refractivity contribution in [1.29, 1.82) is 0 Å². The minimum atomic E-state index is -4.48. The van der Waals surface area contributed by atoms with E-state index in [-0.39, 0.29) is 43.1 Å². The lowest BCUT2D eigenvalue weighted by atomic mass is 10.1. The van der Waals surface area contributed by atoms with Gasteiger partial charge in [-0.05, 0) is 42.5 Å². The van der Waals surface area contributed by atoms with Crippen molar-refractivity contribution in [2.45, 2.75) is 37.8 Å². The van der Waals surface area contributed by atoms with Crippen LogP contribution in [-0.4, -0.2) is 52.8 Å². The number of carbonyl (C=O) groups excluding carboxylic acids is 1. The molecule has 3 atom stereocenters. The summed E-state index contributed by atoms with van der Waals surface area (Å²) in [6.45, 7) is -0.266. The van der Waals surface area contributed by atoms with Crippen LogP contribution >= 0.6 is 0 Å². The average molecular weight is 543 g/mol. The highest BCUT2D eigenvalue weighted by atomic mass is 32.2. The van der Waals surface area contributed by atoms with Crippen LogP contribution in [0.3, 0.4) is 0 Å². The Kier molecular flexibility index (Phi) is 7.57. The number of rotatable bonds is 9. The molecule has 0 saturated heterocycles. The maximum atomic E-state index is 14.6. The quantitative estimate of drug-likeness (QED) is 0.311. The van der Waals surface area contributed by atoms with Crippen LogP contribution in [0.25, 0.3) is 0 Å². The summed E-state index contributed by atoms with van der Waals surface area (Å²) in [4.78, 5) is 21.0. The second-order valence-electron chi connectivity index (χ2n) is 8.59. The molecule has 2 heterocycles. The number of hydrogen-bond donors (Lipinski definition) is 2. The highest BCUT2D eigenvalue weighted by Crippen LogP contribution is 2.32. The van der Waals surface area contributed by atoms with E-state index in [0.29, 0.717) is 5.56 Å². The monoisotopic (exact) mass is 542 g/mol. The molecule has 10 nitrogen and oxygen atoms in total. The zero-order valence-electron chi connectivity index (χ0n) is 19.1. The average Bonchev–Trinajstić information content (AvgIpc) is 3.43. The first kappa shape index (κ1) is 26.6. The molecule has 3 aromatic rings. The van der Waals surface area contributed by atoms with Gasteiger partial charge in [-0.25, -0.2) is 19.5 Å². The van der Waals surface area contributed by atoms with E-state index in [1.54, 1.807) is 0 Å². The van der Waals surface area contributed by atoms with Gasteiger partial charge in [-0.3, -0.25) is 13.7 Å². The van der Waals surface area contributed by atoms with Gasteiger partial charge < -0.3 is 5.32 Å². The summed E-state index contributed by atoms with van der Waals surface area (Å²) in [6, 6.07) is 5.41. The predicted octanol–water partition coefficient (Wildman–Crippen LogP) is 2.72. The first-order valence-corrected chi connectivity index (χ1v) is 12.5. The van der Waals surface area contributed by atoms with E-state index in [2.05, 4.69) is 24.6 Å². The van der Waals surface area contributed by atoms with Gasteiger partial charge in [0.05, 0.1) is 30.3 Å². The number of aromatic nitrogens is 4. The summed E-state index contributed by atoms with van der Waals surface area (Å²) in [5, 5.41) is 11.9. The summed E-state index contributed by atoms with van der Waals surface area (Å²) >= 11 is 0. The van der Waals surface area contributed by atoms with Crippen LogP contribution in [0, 0.1) is 5.92 Å². The Hall–Kier alpha value is -3.43. The number of nitrogens with zero attached hydrogens (tertiary/aromatic N) is 4. The lowest BCUT2D eigenvalue weighted by molar-refractivity contribution is -0.137. The lowest BCUT2D eigenvalue weighted by Gasteiger charge is -2.17. The maximum Gasteiger partial charge on any atom is 0.416 e. The molecule has 1 saturated carbocycles. The van der Waals surface area contributed by atoms with Gasteiger partial charge in [0, 0.05) is 12.4 Å². The Morgan fingerprint density at radius 3 is 2.76 bits per heavy atom. The number of ketones is 1. The van der Waals surface area contributed by atoms with Crippen LogP contribution in [0.2, 0.25) is 0 Å². The third-order valence-electron chi connectivity index (χ3n) is 5.80. The summed E-state index contributed by atoms with van der Waals surface area (Å²) in [7, 11) is -4.15. The van der Waals surface area contributed by atoms with E-state index in [1.807, 2.05) is 0 Å². The number of carbonyl (C=O) groups is 1. The Bertz CT molecular complexity index is 1380. The van der Waals surface area contributed by atoms with Gasteiger partial charge in [0.25, 0.3) is 0 Å². The SMILES string of the molecule is NS(=O)(=O)OC[C@@H]1C[C@H](F)[C@H](Nc2ncncc2C(=O)c2ccn(Cc3cccc(C(F)(F)F)c3)n2)C1. The normalized spacial score (nSPS) is 20.2. The second-order valence-corrected chi connectivity index (χ2v) is 9.81. The van der Waals surface area contributed by atoms with Gasteiger partial charge in [-0.15, -0.1) is 0 Å². The minimum absolute atomic E-state index is 0.00117. The molecule has 198 valence electrons. The fraction of sp³-hybridized carbons (Fsp3) is 0.364. The van der Waals surface area contributed by atoms with Crippen molar-refractivity contribution in [2.24, 2.45) is 11.1 Å². The molecule has 4 rings (SSSR count). The smallest absolute Gasteiger partial charge is 0.364 e. The Labute approximate surface area is 209 Å². The molecule has 3 N–H and O–H groups in total. The van der Waals surface area contributed by atoms with Crippen molar-refractivity contribution >= 4 is 21.9 Å². The second kappa shape index (κ2) is 10.5. The van der Waals surface area contributed by atoms with Crippen LogP contribution in [-0.2, 0) is 27.2 Å². The molecule has 1 fully saturated rings. The van der Waals surface area contributed by atoms with Crippen LogP contribution in [0.15, 0.2) is 49.1 Å². The Balaban J connectivity index is 1.45. The van der Waals surface area contributed by atoms with Crippen molar-refractivity contribution in [3.63, 3.8) is 0 Å². The van der Waals surface area contributed by atoms with E-state index in [1.165, 1.54) is 41.6 Å². The highest BCUT2D eigenvalue weighted by molar-refractivity contribution is 7.84. The van der Waals surface area contributed by atoms with Crippen LogP contribution in [0.5, 0.6) is 0 Å². The molecule has 0 aliphatic heterocycles. The topological polar surface area (TPSA) is 142 Å². The van der Waals surface area contributed by atoms with Gasteiger partial charge in [-0.1, -0.05) is 12.1 Å². The molecule has 1 aliphatic rings. The Morgan fingerprint density at radius 2 is 2.03 bits per heavy atom. The number of benzene rings is 1. The minimum Gasteiger partial charge on any atom is -0.364 e. The summed E-state index contributed by atoms with van der Waals surface area (Å²) < 4.78 is 81.4. The zero-order valence-corrected chi connectivity index (χ0v) is 19.9. The summed E-state index contributed by atoms with van der Waals surface area (Å²) in [5.74, 6) is -0.931. The van der Waals surface area contributed by atoms with Gasteiger partial charge in [-0.2, -0.15) is 26.7 Å². The van der Waals surface area contributed by atoms with E-state index in [4.69, 9.17) is 5.14 Å². The van der Waals surface area contributed by atoms with Crippen LogP contribution < -0.4 is 10.5 Å². The molecule has 0 bridgehead atoms. The third kappa shape index (κ3) is 6.87. The largest absolute Gasteiger partial charge is 0.416 e. The maximum absolute atomic E-state index is 14.6. The van der Waals surface area contributed by atoms with Gasteiger partial charge >= 0.3 is 16.5 Å². The van der Waals surface area contributed by atoms with Crippen molar-refractivity contribution in [3.8, 4) is 0 Å². The number of nitrogens with two attached hydrogens (primary N) is 1. The molecular formula is C22H22F4N6O4S. The number of alkyl halides is 4. The van der Waals surface area contributed by atoms with E-state index >= 15 is 0 Å². The van der Waals surface area contributed by atoms with E-state index in [9.17, 15) is 30.8 Å². The summed E-state index contributed by atoms with van der Waals surface area (Å²) in [6.07, 6.45) is -1.73.